The lowest BCUT2D eigenvalue weighted by molar-refractivity contribution is -0.141. The molecule has 4 heteroatoms. The zero-order valence-electron chi connectivity index (χ0n) is 9.38. The summed E-state index contributed by atoms with van der Waals surface area (Å²) in [5.41, 5.74) is 1.07. The van der Waals surface area contributed by atoms with Crippen molar-refractivity contribution in [3.63, 3.8) is 0 Å². The van der Waals surface area contributed by atoms with Gasteiger partial charge in [-0.25, -0.2) is 0 Å². The molecule has 84 valence electrons. The molecule has 1 unspecified atom stereocenters. The summed E-state index contributed by atoms with van der Waals surface area (Å²) < 4.78 is 0. The van der Waals surface area contributed by atoms with Gasteiger partial charge in [0.05, 0.1) is 0 Å². The molecular weight excluding hydrogens is 204 g/mol. The third-order valence-electron chi connectivity index (χ3n) is 2.67. The minimum atomic E-state index is -0.504. The molecule has 0 spiro atoms. The lowest BCUT2D eigenvalue weighted by Gasteiger charge is -2.26. The van der Waals surface area contributed by atoms with Gasteiger partial charge in [-0.3, -0.25) is 9.69 Å². The van der Waals surface area contributed by atoms with Gasteiger partial charge in [-0.15, -0.1) is 0 Å². The fourth-order valence-electron chi connectivity index (χ4n) is 1.57. The van der Waals surface area contributed by atoms with Crippen LogP contribution in [0.15, 0.2) is 35.5 Å². The summed E-state index contributed by atoms with van der Waals surface area (Å²) in [6.07, 6.45) is 0.0527. The van der Waals surface area contributed by atoms with E-state index in [1.165, 1.54) is 4.90 Å². The minimum Gasteiger partial charge on any atom is -0.381 e. The zero-order chi connectivity index (χ0) is 11.5. The van der Waals surface area contributed by atoms with Crippen molar-refractivity contribution in [1.29, 1.82) is 0 Å². The normalized spacial score (nSPS) is 20.4. The van der Waals surface area contributed by atoms with Crippen molar-refractivity contribution in [3.05, 3.63) is 35.9 Å². The van der Waals surface area contributed by atoms with Gasteiger partial charge in [0.25, 0.3) is 5.91 Å². The lowest BCUT2D eigenvalue weighted by atomic mass is 10.1. The Balaban J connectivity index is 2.10. The van der Waals surface area contributed by atoms with Crippen molar-refractivity contribution in [2.24, 2.45) is 5.16 Å². The summed E-state index contributed by atoms with van der Waals surface area (Å²) in [4.78, 5) is 18.6. The molecule has 0 saturated carbocycles. The highest BCUT2D eigenvalue weighted by Gasteiger charge is 2.29. The number of rotatable bonds is 2. The highest BCUT2D eigenvalue weighted by atomic mass is 16.6. The van der Waals surface area contributed by atoms with Crippen LogP contribution in [0, 0.1) is 0 Å². The van der Waals surface area contributed by atoms with Crippen molar-refractivity contribution in [2.45, 2.75) is 19.4 Å². The number of amides is 1. The molecule has 0 N–H and O–H groups in total. The quantitative estimate of drug-likeness (QED) is 0.753. The first-order chi connectivity index (χ1) is 7.68. The Hall–Kier alpha value is -1.84. The summed E-state index contributed by atoms with van der Waals surface area (Å²) in [7, 11) is 1.71. The molecule has 1 aromatic rings. The maximum Gasteiger partial charge on any atom is 0.271 e. The molecule has 1 heterocycles. The largest absolute Gasteiger partial charge is 0.381 e. The topological polar surface area (TPSA) is 41.9 Å². The van der Waals surface area contributed by atoms with Crippen molar-refractivity contribution < 1.29 is 9.63 Å². The van der Waals surface area contributed by atoms with Crippen LogP contribution in [-0.4, -0.2) is 29.8 Å². The van der Waals surface area contributed by atoms with E-state index in [2.05, 4.69) is 5.16 Å². The number of hydrogen-bond donors (Lipinski definition) is 0. The van der Waals surface area contributed by atoms with Crippen LogP contribution >= 0.6 is 0 Å². The Morgan fingerprint density at radius 3 is 2.75 bits per heavy atom. The molecule has 1 aliphatic rings. The van der Waals surface area contributed by atoms with Crippen LogP contribution in [0.4, 0.5) is 0 Å². The van der Waals surface area contributed by atoms with Gasteiger partial charge < -0.3 is 4.84 Å². The molecule has 1 amide bonds. The molecule has 1 aliphatic heterocycles. The number of carbonyl (C=O) groups is 1. The average Bonchev–Trinajstić information content (AvgIpc) is 2.31. The van der Waals surface area contributed by atoms with E-state index in [-0.39, 0.29) is 5.91 Å². The van der Waals surface area contributed by atoms with Crippen molar-refractivity contribution >= 4 is 11.7 Å². The van der Waals surface area contributed by atoms with Gasteiger partial charge in [-0.2, -0.15) is 0 Å². The molecule has 0 aromatic heterocycles. The van der Waals surface area contributed by atoms with Crippen LogP contribution in [0.5, 0.6) is 0 Å². The maximum absolute atomic E-state index is 11.9. The summed E-state index contributed by atoms with van der Waals surface area (Å²) >= 11 is 0. The zero-order valence-corrected chi connectivity index (χ0v) is 9.38. The third-order valence-corrected chi connectivity index (χ3v) is 2.67. The third kappa shape index (κ3) is 2.05. The number of carbonyl (C=O) groups excluding carboxylic acids is 1. The van der Waals surface area contributed by atoms with E-state index in [1.54, 1.807) is 14.0 Å². The Morgan fingerprint density at radius 1 is 1.38 bits per heavy atom. The molecule has 0 saturated heterocycles. The molecule has 0 radical (unpaired) electrons. The van der Waals surface area contributed by atoms with Crippen LogP contribution in [-0.2, 0) is 16.1 Å². The summed E-state index contributed by atoms with van der Waals surface area (Å²) in [6, 6.07) is 9.78. The maximum atomic E-state index is 11.9. The van der Waals surface area contributed by atoms with Gasteiger partial charge in [0, 0.05) is 13.5 Å². The van der Waals surface area contributed by atoms with E-state index in [0.29, 0.717) is 12.3 Å². The summed E-state index contributed by atoms with van der Waals surface area (Å²) in [6.45, 7) is 1.75. The SMILES string of the molecule is CC1=NOC(Cc2ccccc2)C(=O)N1C. The number of benzene rings is 1. The Morgan fingerprint density at radius 2 is 2.06 bits per heavy atom. The molecule has 0 fully saturated rings. The first kappa shape index (κ1) is 10.7. The molecule has 0 bridgehead atoms. The first-order valence-electron chi connectivity index (χ1n) is 5.20. The fraction of sp³-hybridized carbons (Fsp3) is 0.333. The average molecular weight is 218 g/mol. The van der Waals surface area contributed by atoms with Crippen molar-refractivity contribution in [1.82, 2.24) is 4.90 Å². The van der Waals surface area contributed by atoms with E-state index >= 15 is 0 Å². The summed E-state index contributed by atoms with van der Waals surface area (Å²) in [5, 5.41) is 3.86. The van der Waals surface area contributed by atoms with Gasteiger partial charge in [-0.05, 0) is 12.5 Å². The second kappa shape index (κ2) is 4.35. The number of oxime groups is 1. The first-order valence-corrected chi connectivity index (χ1v) is 5.20. The van der Waals surface area contributed by atoms with Crippen LogP contribution in [0.25, 0.3) is 0 Å². The number of likely N-dealkylation sites (N-methyl/N-ethyl adjacent to an activating group) is 1. The lowest BCUT2D eigenvalue weighted by Crippen LogP contribution is -2.44. The highest BCUT2D eigenvalue weighted by Crippen LogP contribution is 2.13. The van der Waals surface area contributed by atoms with Crippen molar-refractivity contribution in [2.75, 3.05) is 7.05 Å². The van der Waals surface area contributed by atoms with Crippen molar-refractivity contribution in [3.8, 4) is 0 Å². The standard InChI is InChI=1S/C12H14N2O2/c1-9-13-16-11(12(15)14(9)2)8-10-6-4-3-5-7-10/h3-7,11H,8H2,1-2H3. The van der Waals surface area contributed by atoms with E-state index in [4.69, 9.17) is 4.84 Å². The van der Waals surface area contributed by atoms with Crippen LogP contribution < -0.4 is 0 Å². The molecule has 0 aliphatic carbocycles. The van der Waals surface area contributed by atoms with Crippen LogP contribution in [0.2, 0.25) is 0 Å². The Bertz CT molecular complexity index is 414. The molecule has 16 heavy (non-hydrogen) atoms. The highest BCUT2D eigenvalue weighted by molar-refractivity contribution is 5.99. The van der Waals surface area contributed by atoms with Gasteiger partial charge >= 0.3 is 0 Å². The number of nitrogens with zero attached hydrogens (tertiary/aromatic N) is 2. The van der Waals surface area contributed by atoms with Gasteiger partial charge in [0.2, 0.25) is 6.10 Å². The van der Waals surface area contributed by atoms with Gasteiger partial charge in [0.1, 0.15) is 5.84 Å². The van der Waals surface area contributed by atoms with Crippen LogP contribution in [0.1, 0.15) is 12.5 Å². The predicted octanol–water partition coefficient (Wildman–Crippen LogP) is 1.42. The minimum absolute atomic E-state index is 0.0450. The molecule has 1 atom stereocenters. The monoisotopic (exact) mass is 218 g/mol. The molecule has 1 aromatic carbocycles. The predicted molar refractivity (Wildman–Crippen MR) is 60.9 cm³/mol. The number of hydrogen-bond acceptors (Lipinski definition) is 3. The molecule has 4 nitrogen and oxygen atoms in total. The van der Waals surface area contributed by atoms with E-state index in [1.807, 2.05) is 30.3 Å². The van der Waals surface area contributed by atoms with E-state index in [0.717, 1.165) is 5.56 Å². The smallest absolute Gasteiger partial charge is 0.271 e. The van der Waals surface area contributed by atoms with Gasteiger partial charge in [0.15, 0.2) is 0 Å². The Labute approximate surface area is 94.5 Å². The van der Waals surface area contributed by atoms with Crippen LogP contribution in [0.3, 0.4) is 0 Å². The fourth-order valence-corrected chi connectivity index (χ4v) is 1.57. The number of amidine groups is 1. The van der Waals surface area contributed by atoms with E-state index in [9.17, 15) is 4.79 Å². The molecule has 2 rings (SSSR count). The molecular formula is C12H14N2O2. The van der Waals surface area contributed by atoms with E-state index < -0.39 is 6.10 Å². The van der Waals surface area contributed by atoms with Gasteiger partial charge in [-0.1, -0.05) is 35.5 Å². The second-order valence-corrected chi connectivity index (χ2v) is 3.82. The summed E-state index contributed by atoms with van der Waals surface area (Å²) in [5.74, 6) is 0.547. The Kier molecular flexibility index (Phi) is 2.90. The second-order valence-electron chi connectivity index (χ2n) is 3.82.